The maximum atomic E-state index is 4.37. The molecular weight excluding hydrogens is 150 g/mol. The van der Waals surface area contributed by atoms with Gasteiger partial charge in [0.15, 0.2) is 5.65 Å². The van der Waals surface area contributed by atoms with Crippen LogP contribution in [0.4, 0.5) is 0 Å². The van der Waals surface area contributed by atoms with Crippen molar-refractivity contribution in [3.8, 4) is 0 Å². The van der Waals surface area contributed by atoms with Gasteiger partial charge in [-0.1, -0.05) is 6.92 Å². The normalized spacial score (nSPS) is 10.8. The minimum Gasteiger partial charge on any atom is -0.235 e. The second kappa shape index (κ2) is 2.59. The van der Waals surface area contributed by atoms with Crippen LogP contribution in [0, 0.1) is 6.92 Å². The van der Waals surface area contributed by atoms with Crippen molar-refractivity contribution in [3.63, 3.8) is 0 Å². The summed E-state index contributed by atoms with van der Waals surface area (Å²) in [7, 11) is 0. The van der Waals surface area contributed by atoms with Gasteiger partial charge in [0.2, 0.25) is 0 Å². The van der Waals surface area contributed by atoms with Crippen LogP contribution in [-0.2, 0) is 6.42 Å². The lowest BCUT2D eigenvalue weighted by Crippen LogP contribution is -1.97. The number of hydrogen-bond acceptors (Lipinski definition) is 2. The molecule has 0 amide bonds. The zero-order chi connectivity index (χ0) is 8.55. The van der Waals surface area contributed by atoms with Gasteiger partial charge in [-0.3, -0.25) is 0 Å². The largest absolute Gasteiger partial charge is 0.235 e. The van der Waals surface area contributed by atoms with Crippen molar-refractivity contribution in [2.24, 2.45) is 0 Å². The summed E-state index contributed by atoms with van der Waals surface area (Å²) in [6.45, 7) is 4.16. The second-order valence-electron chi connectivity index (χ2n) is 2.87. The summed E-state index contributed by atoms with van der Waals surface area (Å²) in [4.78, 5) is 4.19. The molecule has 12 heavy (non-hydrogen) atoms. The van der Waals surface area contributed by atoms with Crippen molar-refractivity contribution in [3.05, 3.63) is 29.7 Å². The summed E-state index contributed by atoms with van der Waals surface area (Å²) < 4.78 is 1.83. The van der Waals surface area contributed by atoms with E-state index in [9.17, 15) is 0 Å². The minimum atomic E-state index is 0.951. The molecule has 0 aliphatic heterocycles. The maximum absolute atomic E-state index is 4.37. The molecule has 2 rings (SSSR count). The van der Waals surface area contributed by atoms with E-state index in [4.69, 9.17) is 0 Å². The Balaban J connectivity index is 2.75. The molecule has 3 heteroatoms. The van der Waals surface area contributed by atoms with Gasteiger partial charge in [-0.2, -0.15) is 5.10 Å². The Hall–Kier alpha value is -1.38. The minimum absolute atomic E-state index is 0.951. The second-order valence-corrected chi connectivity index (χ2v) is 2.87. The van der Waals surface area contributed by atoms with Crippen LogP contribution in [0.1, 0.15) is 18.2 Å². The lowest BCUT2D eigenvalue weighted by Gasteiger charge is -2.00. The third-order valence-corrected chi connectivity index (χ3v) is 1.96. The molecule has 0 atom stereocenters. The number of nitrogens with zero attached hydrogens (tertiary/aromatic N) is 3. The van der Waals surface area contributed by atoms with Crippen LogP contribution in [0.2, 0.25) is 0 Å². The van der Waals surface area contributed by atoms with E-state index in [0.717, 1.165) is 17.8 Å². The molecule has 2 aromatic heterocycles. The zero-order valence-electron chi connectivity index (χ0n) is 7.28. The van der Waals surface area contributed by atoms with Gasteiger partial charge in [0, 0.05) is 12.4 Å². The predicted octanol–water partition coefficient (Wildman–Crippen LogP) is 1.60. The molecular formula is C9H11N3. The van der Waals surface area contributed by atoms with E-state index in [2.05, 4.69) is 30.0 Å². The smallest absolute Gasteiger partial charge is 0.156 e. The molecule has 0 unspecified atom stereocenters. The highest BCUT2D eigenvalue weighted by Gasteiger charge is 2.00. The Morgan fingerprint density at radius 1 is 1.50 bits per heavy atom. The van der Waals surface area contributed by atoms with Gasteiger partial charge in [-0.15, -0.1) is 0 Å². The van der Waals surface area contributed by atoms with Gasteiger partial charge in [0.25, 0.3) is 0 Å². The number of imidazole rings is 1. The third kappa shape index (κ3) is 0.978. The summed E-state index contributed by atoms with van der Waals surface area (Å²) in [5.74, 6) is 0. The van der Waals surface area contributed by atoms with Crippen molar-refractivity contribution in [1.82, 2.24) is 14.6 Å². The summed E-state index contributed by atoms with van der Waals surface area (Å²) in [6.07, 6.45) is 4.62. The SMILES string of the molecule is CCc1cc(C)c2nccn2n1. The highest BCUT2D eigenvalue weighted by atomic mass is 15.2. The third-order valence-electron chi connectivity index (χ3n) is 1.96. The van der Waals surface area contributed by atoms with Crippen LogP contribution in [0.25, 0.3) is 5.65 Å². The van der Waals surface area contributed by atoms with Crippen LogP contribution >= 0.6 is 0 Å². The van der Waals surface area contributed by atoms with E-state index in [0.29, 0.717) is 0 Å². The highest BCUT2D eigenvalue weighted by molar-refractivity contribution is 5.45. The summed E-state index contributed by atoms with van der Waals surface area (Å²) in [5.41, 5.74) is 3.25. The van der Waals surface area contributed by atoms with E-state index in [1.807, 2.05) is 10.7 Å². The van der Waals surface area contributed by atoms with Crippen molar-refractivity contribution in [2.75, 3.05) is 0 Å². The van der Waals surface area contributed by atoms with Gasteiger partial charge in [-0.25, -0.2) is 9.50 Å². The molecule has 3 nitrogen and oxygen atoms in total. The molecule has 2 aromatic rings. The van der Waals surface area contributed by atoms with Crippen LogP contribution < -0.4 is 0 Å². The monoisotopic (exact) mass is 161 g/mol. The summed E-state index contributed by atoms with van der Waals surface area (Å²) in [5, 5.41) is 4.37. The Morgan fingerprint density at radius 2 is 2.33 bits per heavy atom. The standard InChI is InChI=1S/C9H11N3/c1-3-8-6-7(2)9-10-4-5-12(9)11-8/h4-6H,3H2,1-2H3. The fourth-order valence-corrected chi connectivity index (χ4v) is 1.31. The molecule has 0 aliphatic carbocycles. The first-order valence-corrected chi connectivity index (χ1v) is 4.11. The van der Waals surface area contributed by atoms with E-state index in [1.54, 1.807) is 6.20 Å². The zero-order valence-corrected chi connectivity index (χ0v) is 7.28. The molecule has 2 heterocycles. The van der Waals surface area contributed by atoms with Crippen molar-refractivity contribution < 1.29 is 0 Å². The molecule has 62 valence electrons. The van der Waals surface area contributed by atoms with Gasteiger partial charge < -0.3 is 0 Å². The Kier molecular flexibility index (Phi) is 1.57. The van der Waals surface area contributed by atoms with Crippen LogP contribution in [-0.4, -0.2) is 14.6 Å². The van der Waals surface area contributed by atoms with E-state index in [1.165, 1.54) is 5.56 Å². The molecule has 0 saturated carbocycles. The number of rotatable bonds is 1. The number of aromatic nitrogens is 3. The van der Waals surface area contributed by atoms with Gasteiger partial charge in [0.05, 0.1) is 5.69 Å². The van der Waals surface area contributed by atoms with Crippen molar-refractivity contribution >= 4 is 5.65 Å². The molecule has 0 fully saturated rings. The predicted molar refractivity (Wildman–Crippen MR) is 47.1 cm³/mol. The average Bonchev–Trinajstić information content (AvgIpc) is 2.52. The first kappa shape index (κ1) is 7.28. The van der Waals surface area contributed by atoms with Crippen molar-refractivity contribution in [1.29, 1.82) is 0 Å². The van der Waals surface area contributed by atoms with Gasteiger partial charge >= 0.3 is 0 Å². The Bertz CT molecular complexity index is 403. The summed E-state index contributed by atoms with van der Waals surface area (Å²) in [6, 6.07) is 2.09. The summed E-state index contributed by atoms with van der Waals surface area (Å²) >= 11 is 0. The molecule has 0 aromatic carbocycles. The van der Waals surface area contributed by atoms with Gasteiger partial charge in [0.1, 0.15) is 0 Å². The van der Waals surface area contributed by atoms with E-state index in [-0.39, 0.29) is 0 Å². The fourth-order valence-electron chi connectivity index (χ4n) is 1.31. The molecule has 0 radical (unpaired) electrons. The highest BCUT2D eigenvalue weighted by Crippen LogP contribution is 2.07. The maximum Gasteiger partial charge on any atom is 0.156 e. The first-order valence-electron chi connectivity index (χ1n) is 4.11. The Morgan fingerprint density at radius 3 is 3.08 bits per heavy atom. The lowest BCUT2D eigenvalue weighted by molar-refractivity contribution is 0.855. The molecule has 0 saturated heterocycles. The number of fused-ring (bicyclic) bond motifs is 1. The quantitative estimate of drug-likeness (QED) is 0.636. The molecule has 0 bridgehead atoms. The fraction of sp³-hybridized carbons (Fsp3) is 0.333. The number of hydrogen-bond donors (Lipinski definition) is 0. The van der Waals surface area contributed by atoms with Crippen LogP contribution in [0.3, 0.4) is 0 Å². The topological polar surface area (TPSA) is 30.2 Å². The van der Waals surface area contributed by atoms with E-state index >= 15 is 0 Å². The first-order chi connectivity index (χ1) is 5.81. The molecule has 0 N–H and O–H groups in total. The molecule has 0 spiro atoms. The number of aryl methyl sites for hydroxylation is 2. The van der Waals surface area contributed by atoms with Crippen LogP contribution in [0.5, 0.6) is 0 Å². The van der Waals surface area contributed by atoms with Crippen LogP contribution in [0.15, 0.2) is 18.5 Å². The lowest BCUT2D eigenvalue weighted by atomic mass is 10.2. The van der Waals surface area contributed by atoms with Crippen molar-refractivity contribution in [2.45, 2.75) is 20.3 Å². The molecule has 0 aliphatic rings. The Labute approximate surface area is 71.1 Å². The van der Waals surface area contributed by atoms with E-state index < -0.39 is 0 Å². The average molecular weight is 161 g/mol. The van der Waals surface area contributed by atoms with Gasteiger partial charge in [-0.05, 0) is 25.0 Å².